The molecule has 1 aliphatic heterocycles. The molecule has 1 aromatic carbocycles. The molecule has 1 aliphatic rings. The topological polar surface area (TPSA) is 66.4 Å². The molecule has 0 unspecified atom stereocenters. The number of aryl methyl sites for hydroxylation is 1. The highest BCUT2D eigenvalue weighted by Gasteiger charge is 2.30. The number of piperidine rings is 1. The Bertz CT molecular complexity index is 803. The van der Waals surface area contributed by atoms with Gasteiger partial charge < -0.3 is 4.90 Å². The van der Waals surface area contributed by atoms with Gasteiger partial charge in [-0.15, -0.1) is 0 Å². The van der Waals surface area contributed by atoms with E-state index >= 15 is 0 Å². The van der Waals surface area contributed by atoms with Crippen LogP contribution in [0.25, 0.3) is 0 Å². The molecule has 7 heteroatoms. The van der Waals surface area contributed by atoms with Gasteiger partial charge in [-0.1, -0.05) is 30.3 Å². The maximum Gasteiger partial charge on any atom is 0.218 e. The van der Waals surface area contributed by atoms with Gasteiger partial charge in [0.1, 0.15) is 12.1 Å². The Kier molecular flexibility index (Phi) is 5.34. The van der Waals surface area contributed by atoms with E-state index in [4.69, 9.17) is 0 Å². The van der Waals surface area contributed by atoms with Gasteiger partial charge in [0.25, 0.3) is 0 Å². The van der Waals surface area contributed by atoms with Crippen molar-refractivity contribution in [2.24, 2.45) is 0 Å². The van der Waals surface area contributed by atoms with Gasteiger partial charge in [-0.25, -0.2) is 22.7 Å². The minimum absolute atomic E-state index is 0.0689. The van der Waals surface area contributed by atoms with Crippen LogP contribution in [0.15, 0.2) is 42.7 Å². The van der Waals surface area contributed by atoms with Crippen LogP contribution in [-0.4, -0.2) is 48.9 Å². The highest BCUT2D eigenvalue weighted by molar-refractivity contribution is 7.88. The average Bonchev–Trinajstić information content (AvgIpc) is 2.62. The molecule has 0 atom stereocenters. The second-order valence-corrected chi connectivity index (χ2v) is 8.47. The van der Waals surface area contributed by atoms with Gasteiger partial charge in [0.2, 0.25) is 10.0 Å². The Balaban J connectivity index is 1.61. The van der Waals surface area contributed by atoms with Gasteiger partial charge in [0, 0.05) is 37.9 Å². The van der Waals surface area contributed by atoms with Crippen molar-refractivity contribution in [1.82, 2.24) is 14.3 Å². The Morgan fingerprint density at radius 1 is 1.16 bits per heavy atom. The fourth-order valence-electron chi connectivity index (χ4n) is 3.20. The van der Waals surface area contributed by atoms with Gasteiger partial charge in [-0.2, -0.15) is 0 Å². The fraction of sp³-hybridized carbons (Fsp3) is 0.444. The van der Waals surface area contributed by atoms with Crippen LogP contribution < -0.4 is 4.90 Å². The molecule has 25 heavy (non-hydrogen) atoms. The molecule has 0 N–H and O–H groups in total. The molecule has 2 heterocycles. The zero-order valence-corrected chi connectivity index (χ0v) is 15.5. The van der Waals surface area contributed by atoms with Crippen molar-refractivity contribution in [1.29, 1.82) is 0 Å². The van der Waals surface area contributed by atoms with Gasteiger partial charge in [-0.05, 0) is 25.3 Å². The minimum Gasteiger partial charge on any atom is -0.356 e. The monoisotopic (exact) mass is 360 g/mol. The second-order valence-electron chi connectivity index (χ2n) is 6.50. The molecule has 0 aliphatic carbocycles. The van der Waals surface area contributed by atoms with Crippen molar-refractivity contribution in [3.63, 3.8) is 0 Å². The number of nitrogens with zero attached hydrogens (tertiary/aromatic N) is 4. The molecule has 0 radical (unpaired) electrons. The normalized spacial score (nSPS) is 16.7. The lowest BCUT2D eigenvalue weighted by Gasteiger charge is -2.36. The number of aromatic nitrogens is 2. The summed E-state index contributed by atoms with van der Waals surface area (Å²) in [5, 5.41) is 0. The van der Waals surface area contributed by atoms with Crippen LogP contribution in [-0.2, 0) is 15.8 Å². The van der Waals surface area contributed by atoms with Crippen molar-refractivity contribution in [3.05, 3.63) is 54.0 Å². The summed E-state index contributed by atoms with van der Waals surface area (Å²) in [5.74, 6) is 0.956. The summed E-state index contributed by atoms with van der Waals surface area (Å²) >= 11 is 0. The van der Waals surface area contributed by atoms with E-state index in [0.29, 0.717) is 13.1 Å². The number of benzene rings is 1. The summed E-state index contributed by atoms with van der Waals surface area (Å²) in [6.45, 7) is 3.04. The highest BCUT2D eigenvalue weighted by atomic mass is 32.2. The maximum atomic E-state index is 12.6. The fourth-order valence-corrected chi connectivity index (χ4v) is 4.77. The van der Waals surface area contributed by atoms with E-state index < -0.39 is 10.0 Å². The quantitative estimate of drug-likeness (QED) is 0.818. The minimum atomic E-state index is -3.27. The van der Waals surface area contributed by atoms with Crippen LogP contribution in [0.2, 0.25) is 0 Å². The summed E-state index contributed by atoms with van der Waals surface area (Å²) in [7, 11) is -1.25. The van der Waals surface area contributed by atoms with Crippen LogP contribution >= 0.6 is 0 Å². The van der Waals surface area contributed by atoms with Crippen molar-refractivity contribution in [2.75, 3.05) is 25.0 Å². The zero-order chi connectivity index (χ0) is 17.9. The first-order valence-electron chi connectivity index (χ1n) is 8.49. The number of hydrogen-bond donors (Lipinski definition) is 0. The first-order valence-corrected chi connectivity index (χ1v) is 10.1. The average molecular weight is 360 g/mol. The highest BCUT2D eigenvalue weighted by Crippen LogP contribution is 2.23. The van der Waals surface area contributed by atoms with Gasteiger partial charge in [0.15, 0.2) is 0 Å². The summed E-state index contributed by atoms with van der Waals surface area (Å²) in [6, 6.07) is 11.6. The molecule has 3 rings (SSSR count). The summed E-state index contributed by atoms with van der Waals surface area (Å²) in [6.07, 6.45) is 3.17. The molecule has 6 nitrogen and oxygen atoms in total. The third kappa shape index (κ3) is 4.35. The van der Waals surface area contributed by atoms with Crippen LogP contribution in [0.5, 0.6) is 0 Å². The van der Waals surface area contributed by atoms with Crippen LogP contribution in [0.4, 0.5) is 5.82 Å². The SMILES string of the molecule is Cc1cc(N(C)C2CCN(S(=O)(=O)Cc3ccccc3)CC2)ncn1. The molecular formula is C18H24N4O2S. The molecule has 2 aromatic rings. The van der Waals surface area contributed by atoms with E-state index in [0.717, 1.165) is 29.9 Å². The lowest BCUT2D eigenvalue weighted by Crippen LogP contribution is -2.46. The molecule has 134 valence electrons. The van der Waals surface area contributed by atoms with Crippen molar-refractivity contribution in [3.8, 4) is 0 Å². The van der Waals surface area contributed by atoms with Crippen LogP contribution in [0, 0.1) is 6.92 Å². The Hall–Kier alpha value is -1.99. The van der Waals surface area contributed by atoms with Crippen LogP contribution in [0.3, 0.4) is 0 Å². The van der Waals surface area contributed by atoms with Gasteiger partial charge in [-0.3, -0.25) is 0 Å². The van der Waals surface area contributed by atoms with E-state index in [9.17, 15) is 8.42 Å². The molecule has 0 amide bonds. The first kappa shape index (κ1) is 17.8. The lowest BCUT2D eigenvalue weighted by molar-refractivity contribution is 0.314. The molecule has 1 fully saturated rings. The summed E-state index contributed by atoms with van der Waals surface area (Å²) < 4.78 is 26.9. The van der Waals surface area contributed by atoms with Gasteiger partial charge >= 0.3 is 0 Å². The standard InChI is InChI=1S/C18H24N4O2S/c1-15-12-18(20-14-19-15)21(2)17-8-10-22(11-9-17)25(23,24)13-16-6-4-3-5-7-16/h3-7,12,14,17H,8-11,13H2,1-2H3. The third-order valence-corrected chi connectivity index (χ3v) is 6.56. The molecular weight excluding hydrogens is 336 g/mol. The Labute approximate surface area is 149 Å². The Morgan fingerprint density at radius 2 is 1.84 bits per heavy atom. The van der Waals surface area contributed by atoms with Crippen molar-refractivity contribution in [2.45, 2.75) is 31.6 Å². The largest absolute Gasteiger partial charge is 0.356 e. The van der Waals surface area contributed by atoms with E-state index in [-0.39, 0.29) is 11.8 Å². The maximum absolute atomic E-state index is 12.6. The van der Waals surface area contributed by atoms with E-state index in [1.165, 1.54) is 0 Å². The third-order valence-electron chi connectivity index (χ3n) is 4.71. The molecule has 0 saturated carbocycles. The predicted molar refractivity (Wildman–Crippen MR) is 98.8 cm³/mol. The smallest absolute Gasteiger partial charge is 0.218 e. The lowest BCUT2D eigenvalue weighted by atomic mass is 10.1. The molecule has 0 spiro atoms. The number of rotatable bonds is 5. The first-order chi connectivity index (χ1) is 12.0. The van der Waals surface area contributed by atoms with E-state index in [1.54, 1.807) is 10.6 Å². The van der Waals surface area contributed by atoms with E-state index in [1.807, 2.05) is 50.4 Å². The van der Waals surface area contributed by atoms with Crippen molar-refractivity contribution < 1.29 is 8.42 Å². The Morgan fingerprint density at radius 3 is 2.48 bits per heavy atom. The number of hydrogen-bond acceptors (Lipinski definition) is 5. The predicted octanol–water partition coefficient (Wildman–Crippen LogP) is 2.22. The van der Waals surface area contributed by atoms with E-state index in [2.05, 4.69) is 14.9 Å². The molecule has 1 aromatic heterocycles. The van der Waals surface area contributed by atoms with Crippen LogP contribution in [0.1, 0.15) is 24.1 Å². The second kappa shape index (κ2) is 7.49. The summed E-state index contributed by atoms with van der Waals surface area (Å²) in [5.41, 5.74) is 1.76. The molecule has 1 saturated heterocycles. The number of anilines is 1. The summed E-state index contributed by atoms with van der Waals surface area (Å²) in [4.78, 5) is 10.6. The number of sulfonamides is 1. The van der Waals surface area contributed by atoms with Crippen molar-refractivity contribution >= 4 is 15.8 Å². The zero-order valence-electron chi connectivity index (χ0n) is 14.7. The van der Waals surface area contributed by atoms with Gasteiger partial charge in [0.05, 0.1) is 5.75 Å². The molecule has 0 bridgehead atoms.